The molecule has 0 amide bonds. The third kappa shape index (κ3) is 5.64. The number of aliphatic hydroxyl groups excluding tert-OH is 2. The molecule has 1 aromatic rings. The molecule has 3 heterocycles. The first-order valence-electron chi connectivity index (χ1n) is 16.4. The van der Waals surface area contributed by atoms with E-state index in [0.29, 0.717) is 0 Å². The summed E-state index contributed by atoms with van der Waals surface area (Å²) in [5.41, 5.74) is -9.73. The first-order chi connectivity index (χ1) is 23.7. The van der Waals surface area contributed by atoms with Crippen LogP contribution in [-0.4, -0.2) is 123 Å². The normalized spacial score (nSPS) is 41.6. The molecule has 2 aliphatic heterocycles. The first-order valence-corrected chi connectivity index (χ1v) is 16.4. The molecule has 1 aromatic heterocycles. The number of hydrogen-bond donors (Lipinski definition) is 3. The number of ether oxygens (including phenoxy) is 7. The number of pyridine rings is 1. The zero-order valence-electron chi connectivity index (χ0n) is 29.4. The van der Waals surface area contributed by atoms with Crippen molar-refractivity contribution in [2.75, 3.05) is 13.2 Å². The number of fused-ring (bicyclic) bond motifs is 5. The number of aromatic nitrogens is 1. The molecular weight excluding hydrogens is 678 g/mol. The van der Waals surface area contributed by atoms with Gasteiger partial charge >= 0.3 is 35.8 Å². The van der Waals surface area contributed by atoms with Gasteiger partial charge in [-0.3, -0.25) is 29.0 Å². The van der Waals surface area contributed by atoms with E-state index in [4.69, 9.17) is 33.2 Å². The molecule has 51 heavy (non-hydrogen) atoms. The van der Waals surface area contributed by atoms with Crippen LogP contribution in [0.25, 0.3) is 0 Å². The highest BCUT2D eigenvalue weighted by Crippen LogP contribution is 2.69. The lowest BCUT2D eigenvalue weighted by Gasteiger charge is -2.67. The van der Waals surface area contributed by atoms with Crippen LogP contribution in [0.15, 0.2) is 18.3 Å². The van der Waals surface area contributed by atoms with Crippen LogP contribution in [0.2, 0.25) is 0 Å². The van der Waals surface area contributed by atoms with Gasteiger partial charge in [-0.05, 0) is 26.0 Å². The molecule has 280 valence electrons. The van der Waals surface area contributed by atoms with Crippen LogP contribution in [0, 0.1) is 17.3 Å². The van der Waals surface area contributed by atoms with Crippen LogP contribution in [0.4, 0.5) is 0 Å². The molecule has 1 saturated heterocycles. The maximum atomic E-state index is 14.1. The van der Waals surface area contributed by atoms with E-state index in [9.17, 15) is 44.1 Å². The minimum Gasteiger partial charge on any atom is -0.465 e. The van der Waals surface area contributed by atoms with Gasteiger partial charge in [0.05, 0.1) is 23.3 Å². The fourth-order valence-corrected chi connectivity index (χ4v) is 8.67. The van der Waals surface area contributed by atoms with Gasteiger partial charge in [0.2, 0.25) is 0 Å². The van der Waals surface area contributed by atoms with Gasteiger partial charge in [-0.25, -0.2) is 4.79 Å². The topological polar surface area (TPSA) is 241 Å². The van der Waals surface area contributed by atoms with Crippen molar-refractivity contribution in [2.45, 2.75) is 115 Å². The van der Waals surface area contributed by atoms with E-state index in [1.54, 1.807) is 6.92 Å². The van der Waals surface area contributed by atoms with E-state index in [-0.39, 0.29) is 11.3 Å². The Labute approximate surface area is 292 Å². The second-order valence-electron chi connectivity index (χ2n) is 14.2. The van der Waals surface area contributed by atoms with Crippen molar-refractivity contribution in [1.82, 2.24) is 4.98 Å². The predicted octanol–water partition coefficient (Wildman–Crippen LogP) is -0.108. The van der Waals surface area contributed by atoms with Crippen LogP contribution in [-0.2, 0) is 57.1 Å². The van der Waals surface area contributed by atoms with Crippen molar-refractivity contribution < 1.29 is 77.2 Å². The highest BCUT2D eigenvalue weighted by molar-refractivity contribution is 5.91. The minimum absolute atomic E-state index is 0.00700. The molecule has 0 radical (unpaired) electrons. The lowest BCUT2D eigenvalue weighted by atomic mass is 9.45. The third-order valence-corrected chi connectivity index (χ3v) is 10.9. The molecule has 13 atom stereocenters. The van der Waals surface area contributed by atoms with Gasteiger partial charge in [0.1, 0.15) is 47.6 Å². The van der Waals surface area contributed by atoms with Gasteiger partial charge < -0.3 is 48.5 Å². The van der Waals surface area contributed by atoms with Crippen LogP contribution >= 0.6 is 0 Å². The molecule has 1 spiro atoms. The van der Waals surface area contributed by atoms with Crippen LogP contribution in [0.5, 0.6) is 0 Å². The minimum atomic E-state index is -2.74. The standard InChI is InChI=1S/C34H43NO16/c1-14-15(2)29(42)50-27-24(47-17(4)37)28(49-19(6)39)33(13-45-16(3)36)26(48-18(5)38)23(40)21-25(41)34(33,32(27,8)44)51-31(21,7)12-46-30(43)20-10-9-11-35-22(14)20/h9-11,14-15,21,23-28,40-41,44H,12-13H2,1-8H3/t14-,15+,21+,23-,24-,25-,26+,27-,28-,31-,32-,33+,34-/m0/s1. The van der Waals surface area contributed by atoms with E-state index < -0.39 is 126 Å². The molecule has 4 bridgehead atoms. The number of hydrogen-bond acceptors (Lipinski definition) is 17. The summed E-state index contributed by atoms with van der Waals surface area (Å²) in [4.78, 5) is 83.0. The smallest absolute Gasteiger partial charge is 0.340 e. The first kappa shape index (κ1) is 38.1. The summed E-state index contributed by atoms with van der Waals surface area (Å²) in [5.74, 6) is -9.35. The number of carbonyl (C=O) groups excluding carboxylic acids is 6. The maximum Gasteiger partial charge on any atom is 0.340 e. The molecule has 4 aliphatic rings. The molecule has 2 aliphatic carbocycles. The van der Waals surface area contributed by atoms with Crippen LogP contribution in [0.1, 0.15) is 77.4 Å². The predicted molar refractivity (Wildman–Crippen MR) is 166 cm³/mol. The third-order valence-electron chi connectivity index (χ3n) is 10.9. The van der Waals surface area contributed by atoms with E-state index in [0.717, 1.165) is 34.6 Å². The Balaban J connectivity index is 1.91. The second kappa shape index (κ2) is 13.1. The summed E-state index contributed by atoms with van der Waals surface area (Å²) in [7, 11) is 0. The van der Waals surface area contributed by atoms with Gasteiger partial charge in [-0.15, -0.1) is 0 Å². The van der Waals surface area contributed by atoms with Crippen molar-refractivity contribution in [3.05, 3.63) is 29.6 Å². The largest absolute Gasteiger partial charge is 0.465 e. The summed E-state index contributed by atoms with van der Waals surface area (Å²) >= 11 is 0. The highest BCUT2D eigenvalue weighted by atomic mass is 16.7. The number of aliphatic hydroxyl groups is 3. The van der Waals surface area contributed by atoms with Crippen molar-refractivity contribution in [1.29, 1.82) is 0 Å². The van der Waals surface area contributed by atoms with Gasteiger partial charge in [-0.1, -0.05) is 13.8 Å². The van der Waals surface area contributed by atoms with Crippen molar-refractivity contribution in [3.8, 4) is 0 Å². The van der Waals surface area contributed by atoms with Crippen molar-refractivity contribution >= 4 is 35.8 Å². The summed E-state index contributed by atoms with van der Waals surface area (Å²) in [6, 6.07) is 2.92. The summed E-state index contributed by atoms with van der Waals surface area (Å²) in [6.07, 6.45) is -10.6. The van der Waals surface area contributed by atoms with E-state index in [1.165, 1.54) is 32.2 Å². The zero-order chi connectivity index (χ0) is 38.0. The van der Waals surface area contributed by atoms with Crippen LogP contribution in [0.3, 0.4) is 0 Å². The van der Waals surface area contributed by atoms with E-state index >= 15 is 0 Å². The Kier molecular flexibility index (Phi) is 9.77. The number of carbonyl (C=O) groups is 6. The van der Waals surface area contributed by atoms with E-state index in [2.05, 4.69) is 4.98 Å². The Morgan fingerprint density at radius 2 is 1.53 bits per heavy atom. The van der Waals surface area contributed by atoms with Gasteiger partial charge in [0.25, 0.3) is 0 Å². The fraction of sp³-hybridized carbons (Fsp3) is 0.676. The van der Waals surface area contributed by atoms with E-state index in [1.807, 2.05) is 0 Å². The number of rotatable bonds is 5. The van der Waals surface area contributed by atoms with Gasteiger partial charge in [-0.2, -0.15) is 0 Å². The summed E-state index contributed by atoms with van der Waals surface area (Å²) in [5, 5.41) is 37.6. The maximum absolute atomic E-state index is 14.1. The lowest BCUT2D eigenvalue weighted by molar-refractivity contribution is -0.386. The quantitative estimate of drug-likeness (QED) is 0.265. The molecule has 3 fully saturated rings. The average molecular weight is 722 g/mol. The second-order valence-corrected chi connectivity index (χ2v) is 14.2. The molecular formula is C34H43NO16. The van der Waals surface area contributed by atoms with Crippen molar-refractivity contribution in [3.63, 3.8) is 0 Å². The van der Waals surface area contributed by atoms with Gasteiger partial charge in [0.15, 0.2) is 18.3 Å². The average Bonchev–Trinajstić information content (AvgIpc) is 3.25. The van der Waals surface area contributed by atoms with Gasteiger partial charge in [0, 0.05) is 45.7 Å². The number of nitrogens with zero attached hydrogens (tertiary/aromatic N) is 1. The molecule has 2 saturated carbocycles. The summed E-state index contributed by atoms with van der Waals surface area (Å²) < 4.78 is 41.1. The SMILES string of the molecule is CC(=O)OC[C@]12[C@H](OC(C)=O)[C@@H](O)[C@@H]3[C@H](O)[C@@]14O[C@@]3(C)COC(=O)c1cccnc1[C@@H](C)[C@@H](C)C(=O)O[C@@H]([C@H](OC(C)=O)[C@@H]2OC(C)=O)[C@]4(C)O. The molecule has 0 unspecified atom stereocenters. The Morgan fingerprint density at radius 1 is 0.922 bits per heavy atom. The Bertz CT molecular complexity index is 1630. The number of cyclic esters (lactones) is 1. The molecule has 5 rings (SSSR count). The number of esters is 6. The monoisotopic (exact) mass is 721 g/mol. The molecule has 17 heteroatoms. The highest BCUT2D eigenvalue weighted by Gasteiger charge is 2.90. The zero-order valence-corrected chi connectivity index (χ0v) is 29.4. The lowest BCUT2D eigenvalue weighted by Crippen LogP contribution is -2.88. The van der Waals surface area contributed by atoms with Crippen molar-refractivity contribution in [2.24, 2.45) is 17.3 Å². The summed E-state index contributed by atoms with van der Waals surface area (Å²) in [6.45, 7) is 7.82. The molecule has 0 aromatic carbocycles. The van der Waals surface area contributed by atoms with Crippen LogP contribution < -0.4 is 0 Å². The molecule has 3 N–H and O–H groups in total. The fourth-order valence-electron chi connectivity index (χ4n) is 8.67. The molecule has 17 nitrogen and oxygen atoms in total. The Morgan fingerprint density at radius 3 is 2.12 bits per heavy atom. The Hall–Kier alpha value is -4.19.